The summed E-state index contributed by atoms with van der Waals surface area (Å²) in [6.07, 6.45) is 12.3. The lowest BCUT2D eigenvalue weighted by atomic mass is 9.85. The van der Waals surface area contributed by atoms with E-state index in [0.717, 1.165) is 48.9 Å². The molecule has 1 aliphatic heterocycles. The summed E-state index contributed by atoms with van der Waals surface area (Å²) in [5.41, 5.74) is 0.832. The Morgan fingerprint density at radius 3 is 2.85 bits per heavy atom. The highest BCUT2D eigenvalue weighted by atomic mass is 32.2. The number of imidazole rings is 1. The summed E-state index contributed by atoms with van der Waals surface area (Å²) in [4.78, 5) is 20.9. The highest BCUT2D eigenvalue weighted by Gasteiger charge is 2.29. The van der Waals surface area contributed by atoms with Gasteiger partial charge in [-0.2, -0.15) is 0 Å². The van der Waals surface area contributed by atoms with Crippen molar-refractivity contribution in [3.05, 3.63) is 48.0 Å². The monoisotopic (exact) mass is 369 g/mol. The van der Waals surface area contributed by atoms with Crippen molar-refractivity contribution in [1.82, 2.24) is 14.5 Å². The number of nitrogens with zero attached hydrogens (tertiary/aromatic N) is 3. The second kappa shape index (κ2) is 7.87. The SMILES string of the molecule is CSc1ccccc1C(=O)N1CCC[C@H](c2nccn2CC2CCC2)C1. The third-order valence-electron chi connectivity index (χ3n) is 5.84. The lowest BCUT2D eigenvalue weighted by Crippen LogP contribution is -2.40. The fraction of sp³-hybridized carbons (Fsp3) is 0.524. The standard InChI is InChI=1S/C21H27N3OS/c1-26-19-10-3-2-9-18(19)21(25)24-12-5-8-17(15-24)20-22-11-13-23(20)14-16-6-4-7-16/h2-3,9-11,13,16-17H,4-8,12,14-15H2,1H3/t17-/m0/s1. The Balaban J connectivity index is 1.49. The van der Waals surface area contributed by atoms with Crippen LogP contribution in [0.2, 0.25) is 0 Å². The number of hydrogen-bond donors (Lipinski definition) is 0. The van der Waals surface area contributed by atoms with Crippen LogP contribution in [0.5, 0.6) is 0 Å². The van der Waals surface area contributed by atoms with Crippen molar-refractivity contribution < 1.29 is 4.79 Å². The lowest BCUT2D eigenvalue weighted by Gasteiger charge is -2.34. The third kappa shape index (κ3) is 3.54. The molecule has 0 unspecified atom stereocenters. The Bertz CT molecular complexity index is 768. The van der Waals surface area contributed by atoms with E-state index in [1.54, 1.807) is 11.8 Å². The Kier molecular flexibility index (Phi) is 5.34. The summed E-state index contributed by atoms with van der Waals surface area (Å²) < 4.78 is 2.35. The average molecular weight is 370 g/mol. The first-order chi connectivity index (χ1) is 12.8. The molecule has 2 heterocycles. The summed E-state index contributed by atoms with van der Waals surface area (Å²) in [5, 5.41) is 0. The van der Waals surface area contributed by atoms with Crippen LogP contribution in [0.15, 0.2) is 41.6 Å². The molecule has 1 atom stereocenters. The topological polar surface area (TPSA) is 38.1 Å². The molecular formula is C21H27N3OS. The molecule has 0 radical (unpaired) electrons. The third-order valence-corrected chi connectivity index (χ3v) is 6.63. The quantitative estimate of drug-likeness (QED) is 0.732. The zero-order valence-corrected chi connectivity index (χ0v) is 16.3. The highest BCUT2D eigenvalue weighted by molar-refractivity contribution is 7.98. The minimum Gasteiger partial charge on any atom is -0.338 e. The van der Waals surface area contributed by atoms with Crippen molar-refractivity contribution in [2.24, 2.45) is 5.92 Å². The van der Waals surface area contributed by atoms with E-state index in [4.69, 9.17) is 0 Å². The number of carbonyl (C=O) groups is 1. The number of aromatic nitrogens is 2. The number of likely N-dealkylation sites (tertiary alicyclic amines) is 1. The summed E-state index contributed by atoms with van der Waals surface area (Å²) in [7, 11) is 0. The Morgan fingerprint density at radius 1 is 1.23 bits per heavy atom. The zero-order chi connectivity index (χ0) is 17.9. The van der Waals surface area contributed by atoms with E-state index in [9.17, 15) is 4.79 Å². The molecular weight excluding hydrogens is 342 g/mol. The lowest BCUT2D eigenvalue weighted by molar-refractivity contribution is 0.0699. The molecule has 1 aliphatic carbocycles. The van der Waals surface area contributed by atoms with Crippen LogP contribution in [-0.2, 0) is 6.54 Å². The van der Waals surface area contributed by atoms with Gasteiger partial charge in [-0.15, -0.1) is 11.8 Å². The minimum atomic E-state index is 0.164. The molecule has 26 heavy (non-hydrogen) atoms. The van der Waals surface area contributed by atoms with Crippen LogP contribution in [0.3, 0.4) is 0 Å². The molecule has 2 aliphatic rings. The van der Waals surface area contributed by atoms with Crippen molar-refractivity contribution in [3.8, 4) is 0 Å². The number of piperidine rings is 1. The number of hydrogen-bond acceptors (Lipinski definition) is 3. The van der Waals surface area contributed by atoms with Crippen molar-refractivity contribution in [1.29, 1.82) is 0 Å². The largest absolute Gasteiger partial charge is 0.338 e. The van der Waals surface area contributed by atoms with Gasteiger partial charge in [-0.25, -0.2) is 4.98 Å². The predicted molar refractivity (Wildman–Crippen MR) is 106 cm³/mol. The predicted octanol–water partition coefficient (Wildman–Crippen LogP) is 4.42. The fourth-order valence-electron chi connectivity index (χ4n) is 4.15. The van der Waals surface area contributed by atoms with Gasteiger partial charge in [0.25, 0.3) is 5.91 Å². The Labute approximate surface area is 160 Å². The van der Waals surface area contributed by atoms with E-state index >= 15 is 0 Å². The minimum absolute atomic E-state index is 0.164. The molecule has 1 aromatic heterocycles. The zero-order valence-electron chi connectivity index (χ0n) is 15.4. The van der Waals surface area contributed by atoms with Crippen LogP contribution in [-0.4, -0.2) is 39.7 Å². The fourth-order valence-corrected chi connectivity index (χ4v) is 4.74. The van der Waals surface area contributed by atoms with Crippen molar-refractivity contribution in [2.75, 3.05) is 19.3 Å². The van der Waals surface area contributed by atoms with E-state index in [2.05, 4.69) is 15.7 Å². The van der Waals surface area contributed by atoms with Crippen LogP contribution in [0, 0.1) is 5.92 Å². The van der Waals surface area contributed by atoms with Gasteiger partial charge < -0.3 is 9.47 Å². The highest BCUT2D eigenvalue weighted by Crippen LogP contribution is 2.32. The van der Waals surface area contributed by atoms with Gasteiger partial charge in [0.2, 0.25) is 0 Å². The molecule has 0 N–H and O–H groups in total. The molecule has 0 spiro atoms. The molecule has 2 fully saturated rings. The second-order valence-corrected chi connectivity index (χ2v) is 8.37. The van der Waals surface area contributed by atoms with E-state index < -0.39 is 0 Å². The molecule has 1 saturated carbocycles. The first-order valence-corrected chi connectivity index (χ1v) is 10.9. The number of thioether (sulfide) groups is 1. The van der Waals surface area contributed by atoms with E-state index in [1.807, 2.05) is 41.6 Å². The molecule has 4 nitrogen and oxygen atoms in total. The molecule has 1 amide bonds. The number of benzene rings is 1. The van der Waals surface area contributed by atoms with Gasteiger partial charge in [-0.05, 0) is 50.0 Å². The first-order valence-electron chi connectivity index (χ1n) is 9.69. The van der Waals surface area contributed by atoms with Gasteiger partial charge in [0.05, 0.1) is 5.56 Å². The Morgan fingerprint density at radius 2 is 2.08 bits per heavy atom. The van der Waals surface area contributed by atoms with E-state index in [0.29, 0.717) is 5.92 Å². The normalized spacial score (nSPS) is 20.8. The van der Waals surface area contributed by atoms with Crippen LogP contribution in [0.25, 0.3) is 0 Å². The Hall–Kier alpha value is -1.75. The number of amides is 1. The summed E-state index contributed by atoms with van der Waals surface area (Å²) in [6.45, 7) is 2.72. The van der Waals surface area contributed by atoms with E-state index in [1.165, 1.54) is 25.1 Å². The van der Waals surface area contributed by atoms with E-state index in [-0.39, 0.29) is 5.91 Å². The molecule has 1 saturated heterocycles. The smallest absolute Gasteiger partial charge is 0.255 e. The van der Waals surface area contributed by atoms with Gasteiger partial charge in [-0.1, -0.05) is 18.6 Å². The van der Waals surface area contributed by atoms with Crippen LogP contribution < -0.4 is 0 Å². The molecule has 1 aromatic carbocycles. The van der Waals surface area contributed by atoms with Gasteiger partial charge in [-0.3, -0.25) is 4.79 Å². The maximum absolute atomic E-state index is 13.1. The molecule has 138 valence electrons. The van der Waals surface area contributed by atoms with Gasteiger partial charge >= 0.3 is 0 Å². The molecule has 4 rings (SSSR count). The average Bonchev–Trinajstić information content (AvgIpc) is 3.12. The van der Waals surface area contributed by atoms with Gasteiger partial charge in [0.15, 0.2) is 0 Å². The second-order valence-electron chi connectivity index (χ2n) is 7.53. The maximum atomic E-state index is 13.1. The van der Waals surface area contributed by atoms with Crippen LogP contribution in [0.4, 0.5) is 0 Å². The molecule has 0 bridgehead atoms. The summed E-state index contributed by atoms with van der Waals surface area (Å²) in [5.74, 6) is 2.51. The van der Waals surface area contributed by atoms with Crippen LogP contribution in [0.1, 0.15) is 54.2 Å². The summed E-state index contributed by atoms with van der Waals surface area (Å²) in [6, 6.07) is 7.94. The number of carbonyl (C=O) groups excluding carboxylic acids is 1. The molecule has 5 heteroatoms. The van der Waals surface area contributed by atoms with Crippen LogP contribution >= 0.6 is 11.8 Å². The first kappa shape index (κ1) is 17.7. The molecule has 2 aromatic rings. The van der Waals surface area contributed by atoms with Crippen molar-refractivity contribution >= 4 is 17.7 Å². The van der Waals surface area contributed by atoms with Gasteiger partial charge in [0.1, 0.15) is 5.82 Å². The van der Waals surface area contributed by atoms with Crippen molar-refractivity contribution in [3.63, 3.8) is 0 Å². The maximum Gasteiger partial charge on any atom is 0.255 e. The number of rotatable bonds is 5. The summed E-state index contributed by atoms with van der Waals surface area (Å²) >= 11 is 1.64. The van der Waals surface area contributed by atoms with Gasteiger partial charge in [0, 0.05) is 42.8 Å². The van der Waals surface area contributed by atoms with Crippen molar-refractivity contribution in [2.45, 2.75) is 49.5 Å².